The van der Waals surface area contributed by atoms with Crippen LogP contribution in [0.25, 0.3) is 0 Å². The minimum absolute atomic E-state index is 0.277. The zero-order valence-electron chi connectivity index (χ0n) is 37.3. The maximum Gasteiger partial charge on any atom is 0.523 e. The molecular formula is C45H39F3O15SSi8. The van der Waals surface area contributed by atoms with Crippen LogP contribution in [0.15, 0.2) is 212 Å². The molecule has 72 heavy (non-hydrogen) atoms. The first kappa shape index (κ1) is 48.4. The second-order valence-electron chi connectivity index (χ2n) is 16.8. The van der Waals surface area contributed by atoms with Crippen LogP contribution in [-0.4, -0.2) is 91.0 Å². The second kappa shape index (κ2) is 17.8. The fraction of sp³-hybridized carbons (Fsp3) is 0.0667. The zero-order valence-corrected chi connectivity index (χ0v) is 46.1. The molecule has 0 atom stereocenters. The number of hydrogen-bond acceptors (Lipinski definition) is 15. The van der Waals surface area contributed by atoms with Crippen molar-refractivity contribution in [2.24, 2.45) is 0 Å². The highest BCUT2D eigenvalue weighted by Gasteiger charge is 2.86. The summed E-state index contributed by atoms with van der Waals surface area (Å²) in [5.41, 5.74) is -5.79. The molecule has 15 nitrogen and oxygen atoms in total. The lowest BCUT2D eigenvalue weighted by Crippen LogP contribution is -2.95. The molecule has 0 spiro atoms. The van der Waals surface area contributed by atoms with E-state index in [-0.39, 0.29) is 15.6 Å². The van der Waals surface area contributed by atoms with Gasteiger partial charge in [0.25, 0.3) is 0 Å². The fourth-order valence-electron chi connectivity index (χ4n) is 8.94. The first-order chi connectivity index (χ1) is 34.7. The molecule has 0 unspecified atom stereocenters. The van der Waals surface area contributed by atoms with Crippen LogP contribution in [0.1, 0.15) is 0 Å². The summed E-state index contributed by atoms with van der Waals surface area (Å²) in [5, 5.41) is 2.35. The molecule has 8 bridgehead atoms. The number of rotatable bonds is 11. The van der Waals surface area contributed by atoms with Crippen molar-refractivity contribution in [3.8, 4) is 0 Å². The summed E-state index contributed by atoms with van der Waals surface area (Å²) in [6, 6.07) is 60.6. The largest absolute Gasteiger partial charge is 0.523 e. The maximum atomic E-state index is 14.1. The highest BCUT2D eigenvalue weighted by atomic mass is 32.2. The van der Waals surface area contributed by atoms with Crippen molar-refractivity contribution in [2.75, 3.05) is 6.61 Å². The molecule has 27 heteroatoms. The van der Waals surface area contributed by atoms with Crippen LogP contribution in [0.5, 0.6) is 0 Å². The molecule has 6 aliphatic heterocycles. The molecule has 0 saturated carbocycles. The number of halogens is 3. The Morgan fingerprint density at radius 3 is 0.681 bits per heavy atom. The monoisotopic (exact) mass is 1130 g/mol. The highest BCUT2D eigenvalue weighted by Crippen LogP contribution is 2.49. The number of benzene rings is 7. The number of hydrogen-bond donors (Lipinski definition) is 0. The van der Waals surface area contributed by atoms with Gasteiger partial charge in [0.2, 0.25) is 0 Å². The molecule has 13 rings (SSSR count). The van der Waals surface area contributed by atoms with E-state index in [0.29, 0.717) is 20.7 Å². The predicted octanol–water partition coefficient (Wildman–Crippen LogP) is 2.98. The van der Waals surface area contributed by atoms with Gasteiger partial charge in [-0.2, -0.15) is 21.6 Å². The van der Waals surface area contributed by atoms with E-state index in [4.69, 9.17) is 53.6 Å². The summed E-state index contributed by atoms with van der Waals surface area (Å²) in [4.78, 5) is 0. The molecule has 6 aliphatic rings. The quantitative estimate of drug-likeness (QED) is 0.106. The van der Waals surface area contributed by atoms with Gasteiger partial charge in [0.1, 0.15) is 0 Å². The molecular weight excluding hydrogens is 1090 g/mol. The van der Waals surface area contributed by atoms with Gasteiger partial charge in [0, 0.05) is 42.4 Å². The van der Waals surface area contributed by atoms with Gasteiger partial charge in [-0.05, 0) is 0 Å². The molecule has 368 valence electrons. The smallest absolute Gasteiger partial charge is 0.370 e. The topological polar surface area (TPSA) is 154 Å². The van der Waals surface area contributed by atoms with Crippen molar-refractivity contribution in [1.29, 1.82) is 0 Å². The Labute approximate surface area is 420 Å². The SMILES string of the molecule is O=S(=O)(OCC[Si]12O[Si]3(c4ccccc4)O[Si]4(c5ccccc5)O[Si](c5ccccc5)(O1)O[Si]1(c5ccccc5)O[Si](c5ccccc5)(O2)O[Si](c2ccccc2)(O3)O[Si](c2ccccc2)(O4)O1)C(F)(F)F. The predicted molar refractivity (Wildman–Crippen MR) is 267 cm³/mol. The van der Waals surface area contributed by atoms with Gasteiger partial charge in [-0.3, -0.25) is 4.18 Å². The van der Waals surface area contributed by atoms with Crippen LogP contribution < -0.4 is 36.3 Å². The maximum absolute atomic E-state index is 14.1. The van der Waals surface area contributed by atoms with Gasteiger partial charge in [-0.1, -0.05) is 212 Å². The average molecular weight is 1130 g/mol. The first-order valence-corrected chi connectivity index (χ1v) is 37.9. The normalized spacial score (nSPS) is 33.0. The summed E-state index contributed by atoms with van der Waals surface area (Å²) in [6.07, 6.45) is 0. The van der Waals surface area contributed by atoms with Crippen LogP contribution in [0, 0.1) is 0 Å². The Hall–Kier alpha value is -4.50. The minimum atomic E-state index is -6.20. The van der Waals surface area contributed by atoms with Gasteiger partial charge in [-0.25, -0.2) is 0 Å². The molecule has 0 radical (unpaired) electrons. The van der Waals surface area contributed by atoms with Crippen molar-refractivity contribution < 1.29 is 75.2 Å². The van der Waals surface area contributed by atoms with Crippen LogP contribution in [0.4, 0.5) is 13.2 Å². The lowest BCUT2D eigenvalue weighted by atomic mass is 10.4. The van der Waals surface area contributed by atoms with Crippen LogP contribution >= 0.6 is 0 Å². The third-order valence-electron chi connectivity index (χ3n) is 12.1. The van der Waals surface area contributed by atoms with Crippen molar-refractivity contribution in [2.45, 2.75) is 11.6 Å². The molecule has 0 amide bonds. The van der Waals surface area contributed by atoms with Crippen LogP contribution in [-0.2, 0) is 63.7 Å². The minimum Gasteiger partial charge on any atom is -0.370 e. The fourth-order valence-corrected chi connectivity index (χ4v) is 55.9. The van der Waals surface area contributed by atoms with E-state index in [9.17, 15) is 21.6 Å². The van der Waals surface area contributed by atoms with Crippen LogP contribution in [0.2, 0.25) is 6.04 Å². The van der Waals surface area contributed by atoms with E-state index in [1.807, 2.05) is 18.2 Å². The summed E-state index contributed by atoms with van der Waals surface area (Å²) in [5.74, 6) is 0. The van der Waals surface area contributed by atoms with E-state index < -0.39 is 98.7 Å². The summed E-state index contributed by atoms with van der Waals surface area (Å²) in [7, 11) is -46.7. The highest BCUT2D eigenvalue weighted by molar-refractivity contribution is 7.87. The standard InChI is InChI=1S/C45H39F3O15SSi8/c46-45(47,48)64(49,50)51-36-37-65-52-66(38-22-8-1-9-23-38)55-69(41-28-14-4-15-29-41)57-67(53-65,39-24-10-2-11-25-39)59-71(43-32-18-6-19-33-43)60-68(54-65,40-26-12-3-13-27-40)58-70(56-66,42-30-16-5-17-31-42)62-72(61-69,63-71)44-34-20-7-21-35-44/h1-35H,36-37H2. The van der Waals surface area contributed by atoms with Crippen molar-refractivity contribution >= 4 is 117 Å². The Morgan fingerprint density at radius 1 is 0.319 bits per heavy atom. The van der Waals surface area contributed by atoms with Gasteiger partial charge in [0.15, 0.2) is 0 Å². The molecule has 6 saturated heterocycles. The Bertz CT molecular complexity index is 2910. The van der Waals surface area contributed by atoms with E-state index in [0.717, 1.165) is 0 Å². The van der Waals surface area contributed by atoms with E-state index in [1.165, 1.54) is 0 Å². The lowest BCUT2D eigenvalue weighted by Gasteiger charge is -2.62. The van der Waals surface area contributed by atoms with Gasteiger partial charge in [-0.15, -0.1) is 0 Å². The molecule has 6 heterocycles. The Morgan fingerprint density at radius 2 is 0.500 bits per heavy atom. The Kier molecular flexibility index (Phi) is 12.0. The average Bonchev–Trinajstić information content (AvgIpc) is 3.37. The second-order valence-corrected chi connectivity index (χ2v) is 41.9. The third-order valence-corrected chi connectivity index (χ3v) is 47.6. The van der Waals surface area contributed by atoms with E-state index in [1.54, 1.807) is 194 Å². The van der Waals surface area contributed by atoms with Gasteiger partial charge in [0.05, 0.1) is 6.61 Å². The molecule has 7 aromatic carbocycles. The van der Waals surface area contributed by atoms with E-state index in [2.05, 4.69) is 0 Å². The number of alkyl halides is 3. The third kappa shape index (κ3) is 8.18. The lowest BCUT2D eigenvalue weighted by molar-refractivity contribution is -0.0544. The van der Waals surface area contributed by atoms with Crippen LogP contribution in [0.3, 0.4) is 0 Å². The Balaban J connectivity index is 1.26. The van der Waals surface area contributed by atoms with Crippen molar-refractivity contribution in [3.05, 3.63) is 212 Å². The molecule has 7 aromatic rings. The molecule has 0 N–H and O–H groups in total. The summed E-state index contributed by atoms with van der Waals surface area (Å²) < 4.78 is 167. The molecule has 0 aromatic heterocycles. The zero-order chi connectivity index (χ0) is 49.4. The molecule has 6 fully saturated rings. The summed E-state index contributed by atoms with van der Waals surface area (Å²) >= 11 is 0. The van der Waals surface area contributed by atoms with Gasteiger partial charge >= 0.3 is 86.1 Å². The molecule has 0 aliphatic carbocycles. The summed E-state index contributed by atoms with van der Waals surface area (Å²) in [6.45, 7) is -1.19. The van der Waals surface area contributed by atoms with Gasteiger partial charge < -0.3 is 49.4 Å². The van der Waals surface area contributed by atoms with Crippen molar-refractivity contribution in [1.82, 2.24) is 0 Å². The van der Waals surface area contributed by atoms with Crippen molar-refractivity contribution in [3.63, 3.8) is 0 Å². The van der Waals surface area contributed by atoms with E-state index >= 15 is 0 Å². The first-order valence-electron chi connectivity index (χ1n) is 22.4.